The Balaban J connectivity index is 2.48. The van der Waals surface area contributed by atoms with Crippen LogP contribution >= 0.6 is 0 Å². The van der Waals surface area contributed by atoms with E-state index in [0.29, 0.717) is 0 Å². The van der Waals surface area contributed by atoms with Gasteiger partial charge in [-0.05, 0) is 41.5 Å². The fourth-order valence-electron chi connectivity index (χ4n) is 2.88. The maximum Gasteiger partial charge on any atom is 0.122 e. The maximum absolute atomic E-state index is 2.30. The van der Waals surface area contributed by atoms with Crippen LogP contribution in [0.3, 0.4) is 0 Å². The standard InChI is InChI=1S/C18H22Si/c1-11-7-13(3)17(14(4)8-11)19-18-15(5)9-12(2)10-16(18)6/h7-10H,1-6H3. The highest BCUT2D eigenvalue weighted by Crippen LogP contribution is 2.08. The fourth-order valence-corrected chi connectivity index (χ4v) is 4.21. The van der Waals surface area contributed by atoms with Crippen molar-refractivity contribution in [3.05, 3.63) is 57.6 Å². The molecular weight excluding hydrogens is 244 g/mol. The van der Waals surface area contributed by atoms with Crippen LogP contribution in [0.25, 0.3) is 0 Å². The van der Waals surface area contributed by atoms with Gasteiger partial charge in [0, 0.05) is 0 Å². The van der Waals surface area contributed by atoms with Crippen LogP contribution in [-0.4, -0.2) is 9.52 Å². The summed E-state index contributed by atoms with van der Waals surface area (Å²) in [4.78, 5) is 0. The van der Waals surface area contributed by atoms with Gasteiger partial charge in [0.05, 0.1) is 0 Å². The van der Waals surface area contributed by atoms with Crippen molar-refractivity contribution in [1.29, 1.82) is 0 Å². The first kappa shape index (κ1) is 14.1. The molecule has 0 unspecified atom stereocenters. The molecule has 19 heavy (non-hydrogen) atoms. The van der Waals surface area contributed by atoms with Crippen LogP contribution in [0, 0.1) is 41.5 Å². The minimum absolute atomic E-state index is 0.765. The van der Waals surface area contributed by atoms with Crippen LogP contribution in [0.2, 0.25) is 0 Å². The normalized spacial score (nSPS) is 10.8. The zero-order valence-corrected chi connectivity index (χ0v) is 13.8. The number of benzene rings is 2. The predicted octanol–water partition coefficient (Wildman–Crippen LogP) is 3.19. The summed E-state index contributed by atoms with van der Waals surface area (Å²) in [6.45, 7) is 13.3. The first-order valence-electron chi connectivity index (χ1n) is 6.81. The van der Waals surface area contributed by atoms with Crippen molar-refractivity contribution < 1.29 is 0 Å². The van der Waals surface area contributed by atoms with Gasteiger partial charge in [-0.15, -0.1) is 0 Å². The topological polar surface area (TPSA) is 0 Å². The molecule has 0 heterocycles. The Kier molecular flexibility index (Phi) is 3.95. The van der Waals surface area contributed by atoms with E-state index >= 15 is 0 Å². The summed E-state index contributed by atoms with van der Waals surface area (Å²) >= 11 is 0. The van der Waals surface area contributed by atoms with Gasteiger partial charge in [0.1, 0.15) is 9.52 Å². The molecule has 0 saturated heterocycles. The summed E-state index contributed by atoms with van der Waals surface area (Å²) in [5.74, 6) is 0. The van der Waals surface area contributed by atoms with E-state index in [0.717, 1.165) is 9.52 Å². The highest BCUT2D eigenvalue weighted by Gasteiger charge is 2.10. The van der Waals surface area contributed by atoms with Gasteiger partial charge in [-0.25, -0.2) is 0 Å². The molecule has 98 valence electrons. The lowest BCUT2D eigenvalue weighted by Gasteiger charge is -2.15. The molecule has 0 N–H and O–H groups in total. The Morgan fingerprint density at radius 2 is 0.789 bits per heavy atom. The van der Waals surface area contributed by atoms with E-state index in [2.05, 4.69) is 65.8 Å². The third-order valence-electron chi connectivity index (χ3n) is 3.60. The minimum Gasteiger partial charge on any atom is -0.0565 e. The van der Waals surface area contributed by atoms with E-state index in [1.807, 2.05) is 0 Å². The van der Waals surface area contributed by atoms with Gasteiger partial charge in [0.25, 0.3) is 0 Å². The molecule has 0 atom stereocenters. The molecule has 0 amide bonds. The van der Waals surface area contributed by atoms with Gasteiger partial charge in [0.15, 0.2) is 0 Å². The second-order valence-electron chi connectivity index (χ2n) is 5.67. The summed E-state index contributed by atoms with van der Waals surface area (Å²) in [5, 5.41) is 3.03. The van der Waals surface area contributed by atoms with Crippen molar-refractivity contribution in [2.24, 2.45) is 0 Å². The van der Waals surface area contributed by atoms with E-state index in [1.54, 1.807) is 0 Å². The van der Waals surface area contributed by atoms with Crippen LogP contribution < -0.4 is 10.4 Å². The summed E-state index contributed by atoms with van der Waals surface area (Å²) in [6.07, 6.45) is 0. The molecule has 0 bridgehead atoms. The van der Waals surface area contributed by atoms with Crippen LogP contribution in [0.1, 0.15) is 33.4 Å². The van der Waals surface area contributed by atoms with Crippen molar-refractivity contribution in [2.45, 2.75) is 41.5 Å². The smallest absolute Gasteiger partial charge is 0.0565 e. The van der Waals surface area contributed by atoms with Gasteiger partial charge in [-0.3, -0.25) is 0 Å². The summed E-state index contributed by atoms with van der Waals surface area (Å²) in [6, 6.07) is 9.20. The Bertz CT molecular complexity index is 522. The molecule has 2 aromatic rings. The SMILES string of the molecule is Cc1cc(C)c([Si]c2c(C)cc(C)cc2C)c(C)c1. The molecule has 0 aliphatic heterocycles. The quantitative estimate of drug-likeness (QED) is 0.732. The lowest BCUT2D eigenvalue weighted by atomic mass is 10.1. The summed E-state index contributed by atoms with van der Waals surface area (Å²) in [5.41, 5.74) is 8.43. The highest BCUT2D eigenvalue weighted by molar-refractivity contribution is 6.69. The van der Waals surface area contributed by atoms with Crippen LogP contribution in [0.4, 0.5) is 0 Å². The molecule has 0 fully saturated rings. The number of hydrogen-bond acceptors (Lipinski definition) is 0. The lowest BCUT2D eigenvalue weighted by molar-refractivity contribution is 1.34. The molecule has 0 aliphatic rings. The molecule has 2 aromatic carbocycles. The fraction of sp³-hybridized carbons (Fsp3) is 0.333. The van der Waals surface area contributed by atoms with E-state index in [4.69, 9.17) is 0 Å². The van der Waals surface area contributed by atoms with Crippen LogP contribution in [0.15, 0.2) is 24.3 Å². The molecule has 2 radical (unpaired) electrons. The first-order chi connectivity index (χ1) is 8.88. The van der Waals surface area contributed by atoms with Crippen molar-refractivity contribution in [3.63, 3.8) is 0 Å². The maximum atomic E-state index is 2.30. The average molecular weight is 266 g/mol. The molecule has 0 saturated carbocycles. The number of aryl methyl sites for hydroxylation is 6. The number of hydrogen-bond donors (Lipinski definition) is 0. The van der Waals surface area contributed by atoms with Crippen LogP contribution in [-0.2, 0) is 0 Å². The molecule has 0 aromatic heterocycles. The third kappa shape index (κ3) is 2.98. The number of rotatable bonds is 2. The minimum atomic E-state index is 0.765. The molecular formula is C18H22Si. The molecule has 2 rings (SSSR count). The largest absolute Gasteiger partial charge is 0.122 e. The van der Waals surface area contributed by atoms with Crippen molar-refractivity contribution in [2.75, 3.05) is 0 Å². The zero-order chi connectivity index (χ0) is 14.2. The van der Waals surface area contributed by atoms with Crippen molar-refractivity contribution in [3.8, 4) is 0 Å². The Morgan fingerprint density at radius 1 is 0.526 bits per heavy atom. The second kappa shape index (κ2) is 5.34. The van der Waals surface area contributed by atoms with E-state index < -0.39 is 0 Å². The molecule has 0 nitrogen and oxygen atoms in total. The van der Waals surface area contributed by atoms with Gasteiger partial charge < -0.3 is 0 Å². The average Bonchev–Trinajstić information content (AvgIpc) is 2.25. The Morgan fingerprint density at radius 3 is 1.05 bits per heavy atom. The zero-order valence-electron chi connectivity index (χ0n) is 12.8. The Labute approximate surface area is 119 Å². The first-order valence-corrected chi connectivity index (χ1v) is 7.81. The van der Waals surface area contributed by atoms with Gasteiger partial charge in [-0.2, -0.15) is 0 Å². The molecule has 0 spiro atoms. The monoisotopic (exact) mass is 266 g/mol. The van der Waals surface area contributed by atoms with Crippen molar-refractivity contribution >= 4 is 19.9 Å². The lowest BCUT2D eigenvalue weighted by Crippen LogP contribution is -2.34. The summed E-state index contributed by atoms with van der Waals surface area (Å²) in [7, 11) is 0.765. The van der Waals surface area contributed by atoms with Crippen LogP contribution in [0.5, 0.6) is 0 Å². The van der Waals surface area contributed by atoms with E-state index in [1.165, 1.54) is 43.8 Å². The molecule has 1 heteroatoms. The summed E-state index contributed by atoms with van der Waals surface area (Å²) < 4.78 is 0. The van der Waals surface area contributed by atoms with E-state index in [-0.39, 0.29) is 0 Å². The van der Waals surface area contributed by atoms with Gasteiger partial charge in [0.2, 0.25) is 0 Å². The second-order valence-corrected chi connectivity index (χ2v) is 6.92. The van der Waals surface area contributed by atoms with Gasteiger partial charge in [-0.1, -0.05) is 68.0 Å². The Hall–Kier alpha value is -1.34. The van der Waals surface area contributed by atoms with E-state index in [9.17, 15) is 0 Å². The highest BCUT2D eigenvalue weighted by atomic mass is 28.2. The predicted molar refractivity (Wildman–Crippen MR) is 86.3 cm³/mol. The van der Waals surface area contributed by atoms with Gasteiger partial charge >= 0.3 is 0 Å². The van der Waals surface area contributed by atoms with Crippen molar-refractivity contribution in [1.82, 2.24) is 0 Å². The molecule has 0 aliphatic carbocycles. The third-order valence-corrected chi connectivity index (χ3v) is 5.68.